The Hall–Kier alpha value is -2.27. The van der Waals surface area contributed by atoms with Gasteiger partial charge in [0, 0.05) is 16.5 Å². The van der Waals surface area contributed by atoms with Gasteiger partial charge in [0.1, 0.15) is 5.82 Å². The molecule has 120 valence electrons. The van der Waals surface area contributed by atoms with Crippen molar-refractivity contribution in [3.05, 3.63) is 57.4 Å². The van der Waals surface area contributed by atoms with Crippen molar-refractivity contribution in [2.24, 2.45) is 5.73 Å². The van der Waals surface area contributed by atoms with Gasteiger partial charge in [-0.2, -0.15) is 0 Å². The Labute approximate surface area is 137 Å². The van der Waals surface area contributed by atoms with Crippen LogP contribution in [0.2, 0.25) is 5.02 Å². The molecule has 23 heavy (non-hydrogen) atoms. The van der Waals surface area contributed by atoms with Crippen LogP contribution in [0.3, 0.4) is 0 Å². The standard InChI is InChI=1S/C17H15ClFNO3/c1-23-16-11(4-5-12(15(16)21)17(20)22)9-2-3-10-13(9)6-8(18)7-14(10)19/h4-7,9,21H,2-3H2,1H3,(H2,20,22)/t9-/m0/s1. The summed E-state index contributed by atoms with van der Waals surface area (Å²) in [6.45, 7) is 0. The number of fused-ring (bicyclic) bond motifs is 1. The molecule has 0 spiro atoms. The van der Waals surface area contributed by atoms with Crippen molar-refractivity contribution < 1.29 is 19.0 Å². The third-order valence-corrected chi connectivity index (χ3v) is 4.48. The first-order valence-corrected chi connectivity index (χ1v) is 7.49. The summed E-state index contributed by atoms with van der Waals surface area (Å²) >= 11 is 5.97. The number of halogens is 2. The highest BCUT2D eigenvalue weighted by atomic mass is 35.5. The zero-order chi connectivity index (χ0) is 16.7. The molecule has 0 aromatic heterocycles. The van der Waals surface area contributed by atoms with Crippen LogP contribution in [0.5, 0.6) is 11.5 Å². The third-order valence-electron chi connectivity index (χ3n) is 4.26. The fourth-order valence-electron chi connectivity index (χ4n) is 3.24. The number of nitrogens with two attached hydrogens (primary N) is 1. The highest BCUT2D eigenvalue weighted by Crippen LogP contribution is 2.46. The van der Waals surface area contributed by atoms with Gasteiger partial charge in [0.25, 0.3) is 5.91 Å². The molecule has 1 aliphatic carbocycles. The van der Waals surface area contributed by atoms with E-state index in [-0.39, 0.29) is 28.8 Å². The summed E-state index contributed by atoms with van der Waals surface area (Å²) in [5.74, 6) is -1.35. The lowest BCUT2D eigenvalue weighted by Gasteiger charge is -2.18. The van der Waals surface area contributed by atoms with Gasteiger partial charge < -0.3 is 15.6 Å². The number of benzene rings is 2. The molecule has 2 aromatic carbocycles. The molecule has 0 radical (unpaired) electrons. The van der Waals surface area contributed by atoms with Crippen LogP contribution < -0.4 is 10.5 Å². The number of aromatic hydroxyl groups is 1. The van der Waals surface area contributed by atoms with Gasteiger partial charge in [-0.15, -0.1) is 0 Å². The van der Waals surface area contributed by atoms with E-state index in [0.29, 0.717) is 29.0 Å². The van der Waals surface area contributed by atoms with E-state index < -0.39 is 5.91 Å². The summed E-state index contributed by atoms with van der Waals surface area (Å²) in [7, 11) is 1.40. The SMILES string of the molecule is COc1c([C@@H]2CCc3c(F)cc(Cl)cc32)ccc(C(N)=O)c1O. The maximum absolute atomic E-state index is 14.0. The van der Waals surface area contributed by atoms with Gasteiger partial charge in [-0.1, -0.05) is 17.7 Å². The maximum Gasteiger partial charge on any atom is 0.252 e. The zero-order valence-corrected chi connectivity index (χ0v) is 13.2. The van der Waals surface area contributed by atoms with Crippen LogP contribution in [-0.4, -0.2) is 18.1 Å². The molecule has 1 atom stereocenters. The first-order valence-electron chi connectivity index (χ1n) is 7.11. The molecule has 6 heteroatoms. The molecule has 0 saturated heterocycles. The second kappa shape index (κ2) is 5.74. The molecule has 3 rings (SSSR count). The Morgan fingerprint density at radius 3 is 2.78 bits per heavy atom. The Morgan fingerprint density at radius 1 is 1.39 bits per heavy atom. The molecule has 0 saturated carbocycles. The highest BCUT2D eigenvalue weighted by molar-refractivity contribution is 6.30. The van der Waals surface area contributed by atoms with Gasteiger partial charge >= 0.3 is 0 Å². The van der Waals surface area contributed by atoms with Crippen LogP contribution in [-0.2, 0) is 6.42 Å². The predicted molar refractivity (Wildman–Crippen MR) is 84.8 cm³/mol. The summed E-state index contributed by atoms with van der Waals surface area (Å²) in [4.78, 5) is 11.3. The monoisotopic (exact) mass is 335 g/mol. The van der Waals surface area contributed by atoms with Crippen LogP contribution in [0.4, 0.5) is 4.39 Å². The van der Waals surface area contributed by atoms with Gasteiger partial charge in [-0.05, 0) is 42.2 Å². The molecular formula is C17H15ClFNO3. The Kier molecular flexibility index (Phi) is 3.90. The normalized spacial score (nSPS) is 16.2. The zero-order valence-electron chi connectivity index (χ0n) is 12.4. The Balaban J connectivity index is 2.16. The first kappa shape index (κ1) is 15.6. The quantitative estimate of drug-likeness (QED) is 0.903. The van der Waals surface area contributed by atoms with Crippen molar-refractivity contribution in [2.75, 3.05) is 7.11 Å². The van der Waals surface area contributed by atoms with Crippen LogP contribution in [0, 0.1) is 5.82 Å². The van der Waals surface area contributed by atoms with Gasteiger partial charge in [-0.25, -0.2) is 4.39 Å². The second-order valence-corrected chi connectivity index (χ2v) is 5.93. The number of hydrogen-bond donors (Lipinski definition) is 2. The lowest BCUT2D eigenvalue weighted by molar-refractivity contribution is 0.0997. The number of amides is 1. The second-order valence-electron chi connectivity index (χ2n) is 5.50. The minimum Gasteiger partial charge on any atom is -0.504 e. The van der Waals surface area contributed by atoms with Gasteiger partial charge in [0.15, 0.2) is 11.5 Å². The summed E-state index contributed by atoms with van der Waals surface area (Å²) in [6.07, 6.45) is 1.24. The van der Waals surface area contributed by atoms with Gasteiger partial charge in [0.05, 0.1) is 12.7 Å². The molecule has 1 amide bonds. The number of primary amides is 1. The fourth-order valence-corrected chi connectivity index (χ4v) is 3.45. The van der Waals surface area contributed by atoms with E-state index in [1.165, 1.54) is 19.2 Å². The van der Waals surface area contributed by atoms with Gasteiger partial charge in [-0.3, -0.25) is 4.79 Å². The molecule has 0 heterocycles. The first-order chi connectivity index (χ1) is 10.9. The minimum atomic E-state index is -0.742. The molecule has 0 unspecified atom stereocenters. The van der Waals surface area contributed by atoms with Crippen LogP contribution in [0.1, 0.15) is 39.4 Å². The van der Waals surface area contributed by atoms with Crippen LogP contribution in [0.25, 0.3) is 0 Å². The van der Waals surface area contributed by atoms with Crippen molar-refractivity contribution >= 4 is 17.5 Å². The van der Waals surface area contributed by atoms with E-state index >= 15 is 0 Å². The lowest BCUT2D eigenvalue weighted by Crippen LogP contribution is -2.12. The molecule has 0 fully saturated rings. The number of rotatable bonds is 3. The molecule has 3 N–H and O–H groups in total. The van der Waals surface area contributed by atoms with Crippen molar-refractivity contribution in [3.63, 3.8) is 0 Å². The van der Waals surface area contributed by atoms with Crippen molar-refractivity contribution in [3.8, 4) is 11.5 Å². The third kappa shape index (κ3) is 2.51. The topological polar surface area (TPSA) is 72.5 Å². The summed E-state index contributed by atoms with van der Waals surface area (Å²) < 4.78 is 19.3. The van der Waals surface area contributed by atoms with Crippen LogP contribution in [0.15, 0.2) is 24.3 Å². The highest BCUT2D eigenvalue weighted by Gasteiger charge is 2.31. The van der Waals surface area contributed by atoms with E-state index in [4.69, 9.17) is 22.1 Å². The maximum atomic E-state index is 14.0. The number of hydrogen-bond acceptors (Lipinski definition) is 3. The van der Waals surface area contributed by atoms with Crippen LogP contribution >= 0.6 is 11.6 Å². The molecule has 0 aliphatic heterocycles. The summed E-state index contributed by atoms with van der Waals surface area (Å²) in [5, 5.41) is 10.6. The number of carbonyl (C=O) groups is 1. The van der Waals surface area contributed by atoms with Crippen molar-refractivity contribution in [1.29, 1.82) is 0 Å². The number of ether oxygens (including phenoxy) is 1. The average molecular weight is 336 g/mol. The molecule has 4 nitrogen and oxygen atoms in total. The number of carbonyl (C=O) groups excluding carboxylic acids is 1. The number of methoxy groups -OCH3 is 1. The Bertz CT molecular complexity index is 807. The smallest absolute Gasteiger partial charge is 0.252 e. The fraction of sp³-hybridized carbons (Fsp3) is 0.235. The van der Waals surface area contributed by atoms with E-state index in [2.05, 4.69) is 0 Å². The molecule has 1 aliphatic rings. The van der Waals surface area contributed by atoms with Gasteiger partial charge in [0.2, 0.25) is 0 Å². The Morgan fingerprint density at radius 2 is 2.13 bits per heavy atom. The average Bonchev–Trinajstić information content (AvgIpc) is 2.90. The predicted octanol–water partition coefficient (Wildman–Crippen LogP) is 3.37. The van der Waals surface area contributed by atoms with Crippen molar-refractivity contribution in [2.45, 2.75) is 18.8 Å². The van der Waals surface area contributed by atoms with E-state index in [1.807, 2.05) is 0 Å². The minimum absolute atomic E-state index is 0.0129. The number of phenols is 1. The molecular weight excluding hydrogens is 321 g/mol. The lowest BCUT2D eigenvalue weighted by atomic mass is 9.91. The summed E-state index contributed by atoms with van der Waals surface area (Å²) in [6, 6.07) is 6.16. The van der Waals surface area contributed by atoms with E-state index in [1.54, 1.807) is 12.1 Å². The summed E-state index contributed by atoms with van der Waals surface area (Å²) in [5.41, 5.74) is 7.30. The molecule has 0 bridgehead atoms. The van der Waals surface area contributed by atoms with Crippen molar-refractivity contribution in [1.82, 2.24) is 0 Å². The largest absolute Gasteiger partial charge is 0.504 e. The van der Waals surface area contributed by atoms with E-state index in [0.717, 1.165) is 5.56 Å². The molecule has 2 aromatic rings. The van der Waals surface area contributed by atoms with E-state index in [9.17, 15) is 14.3 Å².